The van der Waals surface area contributed by atoms with Crippen molar-refractivity contribution in [2.75, 3.05) is 0 Å². The van der Waals surface area contributed by atoms with Crippen molar-refractivity contribution in [1.29, 1.82) is 0 Å². The van der Waals surface area contributed by atoms with E-state index >= 15 is 0 Å². The molecule has 0 saturated heterocycles. The van der Waals surface area contributed by atoms with Gasteiger partial charge < -0.3 is 25.1 Å². The number of amides is 2. The van der Waals surface area contributed by atoms with Gasteiger partial charge in [-0.2, -0.15) is 0 Å². The zero-order chi connectivity index (χ0) is 14.4. The number of carbonyl (C=O) groups excluding carboxylic acids is 1. The molecule has 8 nitrogen and oxygen atoms in total. The van der Waals surface area contributed by atoms with Gasteiger partial charge in [0.05, 0.1) is 19.1 Å². The highest BCUT2D eigenvalue weighted by molar-refractivity contribution is 5.82. The quantitative estimate of drug-likeness (QED) is 0.613. The van der Waals surface area contributed by atoms with E-state index in [2.05, 4.69) is 20.6 Å². The molecule has 8 heteroatoms. The normalized spacial score (nSPS) is 11.8. The van der Waals surface area contributed by atoms with E-state index in [-0.39, 0.29) is 13.0 Å². The molecule has 0 radical (unpaired) electrons. The van der Waals surface area contributed by atoms with Crippen LogP contribution >= 0.6 is 0 Å². The summed E-state index contributed by atoms with van der Waals surface area (Å²) in [4.78, 5) is 29.3. The Morgan fingerprint density at radius 2 is 2.35 bits per heavy atom. The van der Waals surface area contributed by atoms with E-state index in [4.69, 9.17) is 9.52 Å². The SMILES string of the molecule is O=C(NCc1ccco1)NC(Cc1cnc[nH]1)C(=O)O. The van der Waals surface area contributed by atoms with Gasteiger partial charge in [-0.3, -0.25) is 0 Å². The number of aromatic amines is 1. The predicted octanol–water partition coefficient (Wildman–Crippen LogP) is 0.498. The molecule has 20 heavy (non-hydrogen) atoms. The number of imidazole rings is 1. The van der Waals surface area contributed by atoms with Crippen LogP contribution in [0.5, 0.6) is 0 Å². The summed E-state index contributed by atoms with van der Waals surface area (Å²) in [6.45, 7) is 0.190. The molecule has 0 spiro atoms. The van der Waals surface area contributed by atoms with Gasteiger partial charge in [0.15, 0.2) is 0 Å². The molecule has 2 amide bonds. The van der Waals surface area contributed by atoms with Crippen molar-refractivity contribution in [3.8, 4) is 0 Å². The van der Waals surface area contributed by atoms with Crippen molar-refractivity contribution in [2.45, 2.75) is 19.0 Å². The molecule has 2 aromatic rings. The number of hydrogen-bond acceptors (Lipinski definition) is 4. The number of furan rings is 1. The lowest BCUT2D eigenvalue weighted by molar-refractivity contribution is -0.139. The largest absolute Gasteiger partial charge is 0.480 e. The van der Waals surface area contributed by atoms with Gasteiger partial charge in [0, 0.05) is 18.3 Å². The fraction of sp³-hybridized carbons (Fsp3) is 0.250. The van der Waals surface area contributed by atoms with Crippen molar-refractivity contribution >= 4 is 12.0 Å². The van der Waals surface area contributed by atoms with Crippen LogP contribution < -0.4 is 10.6 Å². The first-order valence-corrected chi connectivity index (χ1v) is 5.92. The highest BCUT2D eigenvalue weighted by Crippen LogP contribution is 2.00. The number of aromatic nitrogens is 2. The molecule has 1 atom stereocenters. The maximum atomic E-state index is 11.6. The number of H-pyrrole nitrogens is 1. The van der Waals surface area contributed by atoms with Crippen LogP contribution in [0.2, 0.25) is 0 Å². The topological polar surface area (TPSA) is 120 Å². The zero-order valence-corrected chi connectivity index (χ0v) is 10.5. The fourth-order valence-corrected chi connectivity index (χ4v) is 1.61. The van der Waals surface area contributed by atoms with Crippen LogP contribution in [0.15, 0.2) is 35.3 Å². The molecule has 0 aromatic carbocycles. The van der Waals surface area contributed by atoms with Gasteiger partial charge in [0.25, 0.3) is 0 Å². The van der Waals surface area contributed by atoms with Crippen LogP contribution in [0.4, 0.5) is 4.79 Å². The number of carboxylic acid groups (broad SMARTS) is 1. The standard InChI is InChI=1S/C12H14N4O4/c17-11(18)10(4-8-5-13-7-15-8)16-12(19)14-6-9-2-1-3-20-9/h1-3,5,7,10H,4,6H2,(H,13,15)(H,17,18)(H2,14,16,19). The van der Waals surface area contributed by atoms with Gasteiger partial charge in [-0.1, -0.05) is 0 Å². The molecule has 2 aromatic heterocycles. The lowest BCUT2D eigenvalue weighted by Crippen LogP contribution is -2.46. The van der Waals surface area contributed by atoms with Crippen molar-refractivity contribution in [1.82, 2.24) is 20.6 Å². The van der Waals surface area contributed by atoms with E-state index in [1.807, 2.05) is 0 Å². The highest BCUT2D eigenvalue weighted by Gasteiger charge is 2.20. The van der Waals surface area contributed by atoms with Gasteiger partial charge in [0.1, 0.15) is 11.8 Å². The van der Waals surface area contributed by atoms with Gasteiger partial charge in [-0.25, -0.2) is 14.6 Å². The summed E-state index contributed by atoms with van der Waals surface area (Å²) >= 11 is 0. The molecule has 2 rings (SSSR count). The third-order valence-electron chi connectivity index (χ3n) is 2.59. The summed E-state index contributed by atoms with van der Waals surface area (Å²) in [6.07, 6.45) is 4.58. The number of rotatable bonds is 6. The summed E-state index contributed by atoms with van der Waals surface area (Å²) < 4.78 is 5.05. The van der Waals surface area contributed by atoms with Crippen LogP contribution in [-0.2, 0) is 17.8 Å². The van der Waals surface area contributed by atoms with Crippen molar-refractivity contribution in [3.63, 3.8) is 0 Å². The second-order valence-corrected chi connectivity index (χ2v) is 4.08. The number of carboxylic acids is 1. The molecule has 0 aliphatic rings. The van der Waals surface area contributed by atoms with Crippen molar-refractivity contribution in [2.24, 2.45) is 0 Å². The molecular formula is C12H14N4O4. The predicted molar refractivity (Wildman–Crippen MR) is 67.8 cm³/mol. The second kappa shape index (κ2) is 6.41. The maximum Gasteiger partial charge on any atom is 0.326 e. The zero-order valence-electron chi connectivity index (χ0n) is 10.5. The maximum absolute atomic E-state index is 11.6. The lowest BCUT2D eigenvalue weighted by Gasteiger charge is -2.14. The van der Waals surface area contributed by atoms with Crippen LogP contribution in [-0.4, -0.2) is 33.1 Å². The fourth-order valence-electron chi connectivity index (χ4n) is 1.61. The average molecular weight is 278 g/mol. The van der Waals surface area contributed by atoms with Gasteiger partial charge in [-0.05, 0) is 12.1 Å². The molecule has 0 saturated carbocycles. The molecule has 0 fully saturated rings. The second-order valence-electron chi connectivity index (χ2n) is 4.08. The monoisotopic (exact) mass is 278 g/mol. The van der Waals surface area contributed by atoms with E-state index in [9.17, 15) is 9.59 Å². The minimum atomic E-state index is -1.12. The Morgan fingerprint density at radius 1 is 1.50 bits per heavy atom. The van der Waals surface area contributed by atoms with Crippen LogP contribution in [0.25, 0.3) is 0 Å². The Labute approximate surface area is 114 Å². The Hall–Kier alpha value is -2.77. The number of urea groups is 1. The number of nitrogens with one attached hydrogen (secondary N) is 3. The van der Waals surface area contributed by atoms with Crippen LogP contribution in [0, 0.1) is 0 Å². The Kier molecular flexibility index (Phi) is 4.38. The van der Waals surface area contributed by atoms with Crippen molar-refractivity contribution < 1.29 is 19.1 Å². The van der Waals surface area contributed by atoms with Gasteiger partial charge in [-0.15, -0.1) is 0 Å². The minimum Gasteiger partial charge on any atom is -0.480 e. The van der Waals surface area contributed by atoms with E-state index in [1.165, 1.54) is 18.8 Å². The molecule has 0 aliphatic carbocycles. The van der Waals surface area contributed by atoms with E-state index < -0.39 is 18.0 Å². The molecule has 0 aliphatic heterocycles. The lowest BCUT2D eigenvalue weighted by atomic mass is 10.2. The third kappa shape index (κ3) is 3.87. The first-order chi connectivity index (χ1) is 9.65. The number of aliphatic carboxylic acids is 1. The Balaban J connectivity index is 1.84. The molecule has 1 unspecified atom stereocenters. The van der Waals surface area contributed by atoms with Gasteiger partial charge in [0.2, 0.25) is 0 Å². The van der Waals surface area contributed by atoms with Crippen molar-refractivity contribution in [3.05, 3.63) is 42.4 Å². The first kappa shape index (κ1) is 13.7. The van der Waals surface area contributed by atoms with Crippen LogP contribution in [0.1, 0.15) is 11.5 Å². The van der Waals surface area contributed by atoms with E-state index in [0.29, 0.717) is 11.5 Å². The molecular weight excluding hydrogens is 264 g/mol. The van der Waals surface area contributed by atoms with Gasteiger partial charge >= 0.3 is 12.0 Å². The summed E-state index contributed by atoms with van der Waals surface area (Å²) in [5, 5.41) is 14.0. The number of carbonyl (C=O) groups is 2. The smallest absolute Gasteiger partial charge is 0.326 e. The minimum absolute atomic E-state index is 0.128. The summed E-state index contributed by atoms with van der Waals surface area (Å²) in [5.74, 6) is -0.534. The van der Waals surface area contributed by atoms with E-state index in [1.54, 1.807) is 12.1 Å². The molecule has 0 bridgehead atoms. The summed E-state index contributed by atoms with van der Waals surface area (Å²) in [7, 11) is 0. The summed E-state index contributed by atoms with van der Waals surface area (Å²) in [6, 6.07) is 1.80. The van der Waals surface area contributed by atoms with Crippen LogP contribution in [0.3, 0.4) is 0 Å². The molecule has 106 valence electrons. The highest BCUT2D eigenvalue weighted by atomic mass is 16.4. The summed E-state index contributed by atoms with van der Waals surface area (Å²) in [5.41, 5.74) is 0.628. The Bertz CT molecular complexity index is 550. The molecule has 4 N–H and O–H groups in total. The average Bonchev–Trinajstić information content (AvgIpc) is 3.08. The number of nitrogens with zero attached hydrogens (tertiary/aromatic N) is 1. The van der Waals surface area contributed by atoms with E-state index in [0.717, 1.165) is 0 Å². The third-order valence-corrected chi connectivity index (χ3v) is 2.59. The Morgan fingerprint density at radius 3 is 2.95 bits per heavy atom. The molecule has 2 heterocycles. The number of hydrogen-bond donors (Lipinski definition) is 4. The first-order valence-electron chi connectivity index (χ1n) is 5.92.